The van der Waals surface area contributed by atoms with E-state index < -0.39 is 0 Å². The van der Waals surface area contributed by atoms with Crippen molar-refractivity contribution in [3.63, 3.8) is 0 Å². The monoisotopic (exact) mass is 265 g/mol. The van der Waals surface area contributed by atoms with E-state index in [9.17, 15) is 4.39 Å². The van der Waals surface area contributed by atoms with Crippen LogP contribution in [-0.2, 0) is 0 Å². The summed E-state index contributed by atoms with van der Waals surface area (Å²) in [6.45, 7) is 9.20. The van der Waals surface area contributed by atoms with Gasteiger partial charge in [0.15, 0.2) is 0 Å². The molecule has 1 aliphatic rings. The lowest BCUT2D eigenvalue weighted by Crippen LogP contribution is -2.39. The smallest absolute Gasteiger partial charge is 0.126 e. The molecule has 1 unspecified atom stereocenters. The van der Waals surface area contributed by atoms with Gasteiger partial charge in [-0.25, -0.2) is 4.39 Å². The predicted molar refractivity (Wildman–Crippen MR) is 76.3 cm³/mol. The SMILES string of the molecule is CCOc1cc(F)ccc1C1CCCN(C(C)C)C1. The van der Waals surface area contributed by atoms with E-state index in [0.29, 0.717) is 18.6 Å². The molecule has 1 fully saturated rings. The zero-order valence-corrected chi connectivity index (χ0v) is 12.2. The lowest BCUT2D eigenvalue weighted by molar-refractivity contribution is 0.166. The highest BCUT2D eigenvalue weighted by Gasteiger charge is 2.25. The molecule has 1 heterocycles. The maximum Gasteiger partial charge on any atom is 0.126 e. The molecule has 3 heteroatoms. The van der Waals surface area contributed by atoms with Gasteiger partial charge in [0.1, 0.15) is 11.6 Å². The highest BCUT2D eigenvalue weighted by atomic mass is 19.1. The second-order valence-corrected chi connectivity index (χ2v) is 5.54. The van der Waals surface area contributed by atoms with Gasteiger partial charge in [-0.3, -0.25) is 0 Å². The van der Waals surface area contributed by atoms with Gasteiger partial charge in [0.05, 0.1) is 6.61 Å². The molecule has 0 aliphatic carbocycles. The van der Waals surface area contributed by atoms with E-state index in [1.54, 1.807) is 6.07 Å². The minimum Gasteiger partial charge on any atom is -0.493 e. The molecular formula is C16H24FNO. The zero-order valence-electron chi connectivity index (χ0n) is 12.2. The van der Waals surface area contributed by atoms with Crippen LogP contribution in [0.2, 0.25) is 0 Å². The summed E-state index contributed by atoms with van der Waals surface area (Å²) in [5, 5.41) is 0. The molecule has 2 nitrogen and oxygen atoms in total. The van der Waals surface area contributed by atoms with E-state index in [1.165, 1.54) is 19.0 Å². The molecule has 106 valence electrons. The van der Waals surface area contributed by atoms with Gasteiger partial charge in [-0.15, -0.1) is 0 Å². The number of piperidine rings is 1. The molecule has 0 aromatic heterocycles. The van der Waals surface area contributed by atoms with Crippen LogP contribution in [0.25, 0.3) is 0 Å². The van der Waals surface area contributed by atoms with E-state index in [2.05, 4.69) is 18.7 Å². The topological polar surface area (TPSA) is 12.5 Å². The van der Waals surface area contributed by atoms with Crippen molar-refractivity contribution in [3.8, 4) is 5.75 Å². The highest BCUT2D eigenvalue weighted by molar-refractivity contribution is 5.37. The van der Waals surface area contributed by atoms with Crippen LogP contribution in [0.15, 0.2) is 18.2 Å². The van der Waals surface area contributed by atoms with Crippen LogP contribution < -0.4 is 4.74 Å². The highest BCUT2D eigenvalue weighted by Crippen LogP contribution is 2.34. The van der Waals surface area contributed by atoms with Crippen molar-refractivity contribution in [2.45, 2.75) is 45.6 Å². The number of hydrogen-bond donors (Lipinski definition) is 0. The standard InChI is InChI=1S/C16H24FNO/c1-4-19-16-10-14(17)7-8-15(16)13-6-5-9-18(11-13)12(2)3/h7-8,10,12-13H,4-6,9,11H2,1-3H3. The van der Waals surface area contributed by atoms with Gasteiger partial charge >= 0.3 is 0 Å². The van der Waals surface area contributed by atoms with Crippen molar-refractivity contribution in [2.24, 2.45) is 0 Å². The maximum atomic E-state index is 13.4. The molecule has 0 saturated carbocycles. The first kappa shape index (κ1) is 14.3. The molecule has 0 spiro atoms. The third-order valence-corrected chi connectivity index (χ3v) is 3.90. The molecule has 0 N–H and O–H groups in total. The molecule has 19 heavy (non-hydrogen) atoms. The largest absolute Gasteiger partial charge is 0.493 e. The Morgan fingerprint density at radius 3 is 2.89 bits per heavy atom. The molecule has 0 radical (unpaired) electrons. The maximum absolute atomic E-state index is 13.4. The molecule has 1 aromatic carbocycles. The number of hydrogen-bond acceptors (Lipinski definition) is 2. The minimum absolute atomic E-state index is 0.219. The van der Waals surface area contributed by atoms with Crippen molar-refractivity contribution in [2.75, 3.05) is 19.7 Å². The summed E-state index contributed by atoms with van der Waals surface area (Å²) >= 11 is 0. The van der Waals surface area contributed by atoms with E-state index >= 15 is 0 Å². The van der Waals surface area contributed by atoms with Gasteiger partial charge in [0, 0.05) is 24.6 Å². The van der Waals surface area contributed by atoms with Crippen molar-refractivity contribution >= 4 is 0 Å². The van der Waals surface area contributed by atoms with E-state index in [1.807, 2.05) is 13.0 Å². The van der Waals surface area contributed by atoms with Gasteiger partial charge in [-0.1, -0.05) is 6.07 Å². The van der Waals surface area contributed by atoms with E-state index in [0.717, 1.165) is 24.3 Å². The summed E-state index contributed by atoms with van der Waals surface area (Å²) in [6, 6.07) is 5.53. The molecule has 2 rings (SSSR count). The Balaban J connectivity index is 2.20. The second kappa shape index (κ2) is 6.38. The summed E-state index contributed by atoms with van der Waals surface area (Å²) in [5.74, 6) is 0.958. The third kappa shape index (κ3) is 3.47. The number of benzene rings is 1. The van der Waals surface area contributed by atoms with Gasteiger partial charge in [0.25, 0.3) is 0 Å². The average molecular weight is 265 g/mol. The second-order valence-electron chi connectivity index (χ2n) is 5.54. The van der Waals surface area contributed by atoms with Crippen molar-refractivity contribution < 1.29 is 9.13 Å². The quantitative estimate of drug-likeness (QED) is 0.820. The van der Waals surface area contributed by atoms with Crippen LogP contribution in [0, 0.1) is 5.82 Å². The number of rotatable bonds is 4. The molecule has 1 atom stereocenters. The average Bonchev–Trinajstić information content (AvgIpc) is 2.39. The Kier molecular flexibility index (Phi) is 4.81. The number of nitrogens with zero attached hydrogens (tertiary/aromatic N) is 1. The zero-order chi connectivity index (χ0) is 13.8. The number of ether oxygens (including phenoxy) is 1. The van der Waals surface area contributed by atoms with Gasteiger partial charge in [0.2, 0.25) is 0 Å². The summed E-state index contributed by atoms with van der Waals surface area (Å²) in [6.07, 6.45) is 2.36. The van der Waals surface area contributed by atoms with Crippen molar-refractivity contribution in [1.82, 2.24) is 4.90 Å². The molecule has 0 amide bonds. The molecule has 1 aliphatic heterocycles. The fourth-order valence-corrected chi connectivity index (χ4v) is 2.86. The van der Waals surface area contributed by atoms with Crippen LogP contribution >= 0.6 is 0 Å². The van der Waals surface area contributed by atoms with Crippen molar-refractivity contribution in [3.05, 3.63) is 29.6 Å². The lowest BCUT2D eigenvalue weighted by Gasteiger charge is -2.36. The van der Waals surface area contributed by atoms with E-state index in [-0.39, 0.29) is 5.82 Å². The molecular weight excluding hydrogens is 241 g/mol. The van der Waals surface area contributed by atoms with E-state index in [4.69, 9.17) is 4.74 Å². The number of likely N-dealkylation sites (tertiary alicyclic amines) is 1. The first-order chi connectivity index (χ1) is 9.11. The normalized spacial score (nSPS) is 20.8. The fraction of sp³-hybridized carbons (Fsp3) is 0.625. The molecule has 1 saturated heterocycles. The van der Waals surface area contributed by atoms with Crippen LogP contribution in [0.3, 0.4) is 0 Å². The van der Waals surface area contributed by atoms with Gasteiger partial charge in [-0.05, 0) is 51.8 Å². The lowest BCUT2D eigenvalue weighted by atomic mass is 9.89. The summed E-state index contributed by atoms with van der Waals surface area (Å²) in [5.41, 5.74) is 1.16. The summed E-state index contributed by atoms with van der Waals surface area (Å²) in [4.78, 5) is 2.49. The Hall–Kier alpha value is -1.09. The third-order valence-electron chi connectivity index (χ3n) is 3.90. The van der Waals surface area contributed by atoms with Crippen LogP contribution in [0.5, 0.6) is 5.75 Å². The first-order valence-electron chi connectivity index (χ1n) is 7.28. The Morgan fingerprint density at radius 2 is 2.21 bits per heavy atom. The summed E-state index contributed by atoms with van der Waals surface area (Å²) < 4.78 is 19.0. The van der Waals surface area contributed by atoms with Crippen LogP contribution in [-0.4, -0.2) is 30.6 Å². The number of halogens is 1. The Morgan fingerprint density at radius 1 is 1.42 bits per heavy atom. The summed E-state index contributed by atoms with van der Waals surface area (Å²) in [7, 11) is 0. The first-order valence-corrected chi connectivity index (χ1v) is 7.28. The molecule has 1 aromatic rings. The fourth-order valence-electron chi connectivity index (χ4n) is 2.86. The van der Waals surface area contributed by atoms with Crippen LogP contribution in [0.1, 0.15) is 45.1 Å². The minimum atomic E-state index is -0.219. The predicted octanol–water partition coefficient (Wildman–Crippen LogP) is 3.81. The van der Waals surface area contributed by atoms with Gasteiger partial charge in [-0.2, -0.15) is 0 Å². The van der Waals surface area contributed by atoms with Gasteiger partial charge < -0.3 is 9.64 Å². The Bertz CT molecular complexity index is 419. The molecule has 0 bridgehead atoms. The van der Waals surface area contributed by atoms with Crippen molar-refractivity contribution in [1.29, 1.82) is 0 Å². The van der Waals surface area contributed by atoms with Crippen LogP contribution in [0.4, 0.5) is 4.39 Å². The Labute approximate surface area is 115 Å².